The van der Waals surface area contributed by atoms with Crippen molar-refractivity contribution >= 4 is 13.8 Å². The number of quaternary nitrogens is 1. The number of aliphatic hydroxyl groups excluding tert-OH is 1. The van der Waals surface area contributed by atoms with Gasteiger partial charge in [0.25, 0.3) is 7.82 Å². The Morgan fingerprint density at radius 1 is 0.681 bits per heavy atom. The third-order valence-corrected chi connectivity index (χ3v) is 7.62. The van der Waals surface area contributed by atoms with Crippen LogP contribution in [-0.4, -0.2) is 69.2 Å². The van der Waals surface area contributed by atoms with Crippen LogP contribution in [-0.2, 0) is 23.1 Å². The highest BCUT2D eigenvalue weighted by atomic mass is 31.2. The number of carbonyl (C=O) groups is 1. The van der Waals surface area contributed by atoms with Gasteiger partial charge in [-0.05, 0) is 64.2 Å². The summed E-state index contributed by atoms with van der Waals surface area (Å²) in [5, 5.41) is 9.85. The Morgan fingerprint density at radius 3 is 1.62 bits per heavy atom. The lowest BCUT2D eigenvalue weighted by atomic mass is 10.1. The van der Waals surface area contributed by atoms with Crippen LogP contribution in [0.15, 0.2) is 85.1 Å². The molecule has 0 radical (unpaired) electrons. The molecular formula is C38H64NO7P. The molecule has 0 rings (SSSR count). The predicted molar refractivity (Wildman–Crippen MR) is 194 cm³/mol. The smallest absolute Gasteiger partial charge is 0.305 e. The first-order valence-electron chi connectivity index (χ1n) is 17.3. The van der Waals surface area contributed by atoms with Crippen molar-refractivity contribution in [2.75, 3.05) is 47.5 Å². The molecule has 0 fully saturated rings. The van der Waals surface area contributed by atoms with Crippen LogP contribution in [0.3, 0.4) is 0 Å². The maximum Gasteiger partial charge on any atom is 0.305 e. The molecule has 0 bridgehead atoms. The number of nitrogens with zero attached hydrogens (tertiary/aromatic N) is 1. The topological polar surface area (TPSA) is 105 Å². The number of allylic oxidation sites excluding steroid dienone is 14. The van der Waals surface area contributed by atoms with Gasteiger partial charge in [0.15, 0.2) is 0 Å². The van der Waals surface area contributed by atoms with Crippen LogP contribution >= 0.6 is 7.82 Å². The molecule has 0 spiro atoms. The average Bonchev–Trinajstić information content (AvgIpc) is 3.01. The van der Waals surface area contributed by atoms with E-state index in [0.717, 1.165) is 83.5 Å². The summed E-state index contributed by atoms with van der Waals surface area (Å²) in [4.78, 5) is 23.6. The lowest BCUT2D eigenvalue weighted by Crippen LogP contribution is -2.37. The van der Waals surface area contributed by atoms with Crippen LogP contribution in [0.2, 0.25) is 0 Å². The van der Waals surface area contributed by atoms with E-state index in [-0.39, 0.29) is 19.6 Å². The number of aliphatic hydroxyl groups is 1. The van der Waals surface area contributed by atoms with Gasteiger partial charge in [-0.3, -0.25) is 9.36 Å². The molecule has 0 aromatic carbocycles. The first kappa shape index (κ1) is 44.7. The van der Waals surface area contributed by atoms with Crippen LogP contribution in [0.25, 0.3) is 0 Å². The van der Waals surface area contributed by atoms with Crippen molar-refractivity contribution in [3.63, 3.8) is 0 Å². The second-order valence-electron chi connectivity index (χ2n) is 12.4. The van der Waals surface area contributed by atoms with Gasteiger partial charge >= 0.3 is 5.97 Å². The fourth-order valence-corrected chi connectivity index (χ4v) is 4.66. The van der Waals surface area contributed by atoms with Crippen molar-refractivity contribution < 1.29 is 37.6 Å². The molecule has 0 aliphatic rings. The molecule has 0 aliphatic heterocycles. The summed E-state index contributed by atoms with van der Waals surface area (Å²) in [7, 11) is 1.22. The second-order valence-corrected chi connectivity index (χ2v) is 13.8. The van der Waals surface area contributed by atoms with E-state index in [2.05, 4.69) is 96.5 Å². The average molecular weight is 678 g/mol. The van der Waals surface area contributed by atoms with E-state index in [1.54, 1.807) is 0 Å². The van der Waals surface area contributed by atoms with Crippen LogP contribution in [0, 0.1) is 0 Å². The summed E-state index contributed by atoms with van der Waals surface area (Å²) in [5.41, 5.74) is 0. The Morgan fingerprint density at radius 2 is 1.13 bits per heavy atom. The van der Waals surface area contributed by atoms with Crippen LogP contribution in [0.4, 0.5) is 0 Å². The largest absolute Gasteiger partial charge is 0.756 e. The molecule has 8 nitrogen and oxygen atoms in total. The van der Waals surface area contributed by atoms with E-state index in [4.69, 9.17) is 9.26 Å². The SMILES string of the molecule is CC/C=C\C/C=C\C/C=C\C/C=C\C/C=C\C/C=C\C/C=C\CCCCCCCC(=O)OCC(O)COP(=O)([O-])OCC[N+](C)(C)C. The van der Waals surface area contributed by atoms with E-state index >= 15 is 0 Å². The van der Waals surface area contributed by atoms with Gasteiger partial charge in [-0.25, -0.2) is 0 Å². The van der Waals surface area contributed by atoms with Gasteiger partial charge in [0.05, 0.1) is 27.7 Å². The number of rotatable bonds is 30. The third-order valence-electron chi connectivity index (χ3n) is 6.66. The van der Waals surface area contributed by atoms with E-state index in [9.17, 15) is 19.4 Å². The van der Waals surface area contributed by atoms with E-state index in [1.165, 1.54) is 0 Å². The highest BCUT2D eigenvalue weighted by molar-refractivity contribution is 7.45. The molecule has 0 heterocycles. The van der Waals surface area contributed by atoms with E-state index in [0.29, 0.717) is 11.0 Å². The highest BCUT2D eigenvalue weighted by Crippen LogP contribution is 2.38. The molecule has 0 amide bonds. The summed E-state index contributed by atoms with van der Waals surface area (Å²) in [6.07, 6.45) is 43.0. The molecule has 9 heteroatoms. The summed E-state index contributed by atoms with van der Waals surface area (Å²) < 4.78 is 26.8. The molecule has 2 atom stereocenters. The van der Waals surface area contributed by atoms with Crippen molar-refractivity contribution in [1.82, 2.24) is 0 Å². The Kier molecular flexibility index (Phi) is 29.4. The number of ether oxygens (including phenoxy) is 1. The van der Waals surface area contributed by atoms with Crippen LogP contribution < -0.4 is 4.89 Å². The Bertz CT molecular complexity index is 1020. The van der Waals surface area contributed by atoms with Crippen molar-refractivity contribution in [1.29, 1.82) is 0 Å². The van der Waals surface area contributed by atoms with Crippen molar-refractivity contribution in [3.8, 4) is 0 Å². The van der Waals surface area contributed by atoms with Gasteiger partial charge in [-0.2, -0.15) is 0 Å². The minimum Gasteiger partial charge on any atom is -0.756 e. The number of unbranched alkanes of at least 4 members (excludes halogenated alkanes) is 5. The molecular weight excluding hydrogens is 613 g/mol. The predicted octanol–water partition coefficient (Wildman–Crippen LogP) is 8.47. The molecule has 1 N–H and O–H groups in total. The number of phosphoric acid groups is 1. The van der Waals surface area contributed by atoms with Gasteiger partial charge in [-0.1, -0.05) is 111 Å². The fraction of sp³-hybridized carbons (Fsp3) is 0.605. The standard InChI is InChI=1S/C38H64NO7P/c1-5-6-7-8-9-10-11-12-13-14-15-16-17-18-19-20-21-22-23-24-25-26-27-28-29-30-31-32-38(41)44-35-37(40)36-46-47(42,43)45-34-33-39(2,3)4/h6-7,9-10,12-13,15-16,18-19,21-22,24-25,37,40H,5,8,11,14,17,20,23,26-36H2,1-4H3/b7-6-,10-9-,13-12-,16-15-,19-18-,22-21-,25-24-. The zero-order valence-electron chi connectivity index (χ0n) is 29.7. The first-order chi connectivity index (χ1) is 22.6. The van der Waals surface area contributed by atoms with E-state index in [1.807, 2.05) is 21.1 Å². The lowest BCUT2D eigenvalue weighted by molar-refractivity contribution is -0.870. The summed E-state index contributed by atoms with van der Waals surface area (Å²) in [6, 6.07) is 0. The molecule has 2 unspecified atom stereocenters. The summed E-state index contributed by atoms with van der Waals surface area (Å²) in [6.45, 7) is 1.78. The summed E-state index contributed by atoms with van der Waals surface area (Å²) in [5.74, 6) is -0.411. The van der Waals surface area contributed by atoms with Crippen molar-refractivity contribution in [3.05, 3.63) is 85.1 Å². The van der Waals surface area contributed by atoms with Gasteiger partial charge in [0.2, 0.25) is 0 Å². The maximum atomic E-state index is 11.9. The zero-order valence-corrected chi connectivity index (χ0v) is 30.6. The number of hydrogen-bond donors (Lipinski definition) is 1. The number of phosphoric ester groups is 1. The zero-order chi connectivity index (χ0) is 34.9. The number of carbonyl (C=O) groups excluding carboxylic acids is 1. The Hall–Kier alpha value is -2.32. The Labute approximate surface area is 286 Å². The van der Waals surface area contributed by atoms with Crippen LogP contribution in [0.5, 0.6) is 0 Å². The minimum atomic E-state index is -4.51. The lowest BCUT2D eigenvalue weighted by Gasteiger charge is -2.27. The molecule has 0 aromatic rings. The monoisotopic (exact) mass is 677 g/mol. The highest BCUT2D eigenvalue weighted by Gasteiger charge is 2.16. The van der Waals surface area contributed by atoms with Crippen molar-refractivity contribution in [2.24, 2.45) is 0 Å². The molecule has 268 valence electrons. The molecule has 47 heavy (non-hydrogen) atoms. The van der Waals surface area contributed by atoms with Gasteiger partial charge in [0.1, 0.15) is 25.9 Å². The normalized spacial score (nSPS) is 15.1. The molecule has 0 aromatic heterocycles. The first-order valence-corrected chi connectivity index (χ1v) is 18.8. The van der Waals surface area contributed by atoms with Gasteiger partial charge < -0.3 is 28.3 Å². The van der Waals surface area contributed by atoms with Crippen LogP contribution in [0.1, 0.15) is 96.8 Å². The Balaban J connectivity index is 3.65. The molecule has 0 saturated carbocycles. The minimum absolute atomic E-state index is 0.0167. The number of hydrogen-bond acceptors (Lipinski definition) is 7. The molecule has 0 aliphatic carbocycles. The number of likely N-dealkylation sites (N-methyl/N-ethyl adjacent to an activating group) is 1. The quantitative estimate of drug-likeness (QED) is 0.0267. The van der Waals surface area contributed by atoms with E-state index < -0.39 is 26.5 Å². The van der Waals surface area contributed by atoms with Gasteiger partial charge in [-0.15, -0.1) is 0 Å². The molecule has 0 saturated heterocycles. The number of esters is 1. The summed E-state index contributed by atoms with van der Waals surface area (Å²) >= 11 is 0. The third kappa shape index (κ3) is 36.4. The maximum absolute atomic E-state index is 11.9. The second kappa shape index (κ2) is 31.0. The van der Waals surface area contributed by atoms with Crippen molar-refractivity contribution in [2.45, 2.75) is 103 Å². The fourth-order valence-electron chi connectivity index (χ4n) is 3.92. The van der Waals surface area contributed by atoms with Gasteiger partial charge in [0, 0.05) is 6.42 Å².